The Balaban J connectivity index is 1.60. The highest BCUT2D eigenvalue weighted by Gasteiger charge is 2.35. The lowest BCUT2D eigenvalue weighted by Gasteiger charge is -2.22. The molecule has 27 heavy (non-hydrogen) atoms. The second-order valence-corrected chi connectivity index (χ2v) is 6.27. The minimum atomic E-state index is -0.239. The van der Waals surface area contributed by atoms with Crippen molar-refractivity contribution >= 4 is 5.91 Å². The van der Waals surface area contributed by atoms with Gasteiger partial charge in [0.05, 0.1) is 6.61 Å². The Hall–Kier alpha value is -3.22. The molecule has 1 fully saturated rings. The fourth-order valence-electron chi connectivity index (χ4n) is 3.30. The van der Waals surface area contributed by atoms with Crippen LogP contribution < -0.4 is 4.74 Å². The van der Waals surface area contributed by atoms with Crippen molar-refractivity contribution in [3.05, 3.63) is 60.1 Å². The molecule has 1 aliphatic heterocycles. The first-order valence-corrected chi connectivity index (χ1v) is 9.05. The fourth-order valence-corrected chi connectivity index (χ4v) is 3.30. The second-order valence-electron chi connectivity index (χ2n) is 6.27. The van der Waals surface area contributed by atoms with Crippen molar-refractivity contribution in [2.75, 3.05) is 13.2 Å². The molecule has 2 aromatic heterocycles. The molecule has 0 N–H and O–H groups in total. The SMILES string of the molecule is CCOc1ncccc1C(=O)N1CCC[C@@H]1c1nc(-c2ccccc2)no1. The van der Waals surface area contributed by atoms with Crippen LogP contribution in [0.2, 0.25) is 0 Å². The van der Waals surface area contributed by atoms with Crippen LogP contribution in [0.3, 0.4) is 0 Å². The minimum Gasteiger partial charge on any atom is -0.477 e. The van der Waals surface area contributed by atoms with Gasteiger partial charge < -0.3 is 14.2 Å². The highest BCUT2D eigenvalue weighted by atomic mass is 16.5. The van der Waals surface area contributed by atoms with Gasteiger partial charge in [0.25, 0.3) is 5.91 Å². The Morgan fingerprint density at radius 2 is 2.11 bits per heavy atom. The van der Waals surface area contributed by atoms with Crippen LogP contribution in [-0.2, 0) is 0 Å². The monoisotopic (exact) mass is 364 g/mol. The van der Waals surface area contributed by atoms with E-state index in [2.05, 4.69) is 15.1 Å². The zero-order valence-corrected chi connectivity index (χ0v) is 15.0. The first-order chi connectivity index (χ1) is 13.3. The number of carbonyl (C=O) groups is 1. The van der Waals surface area contributed by atoms with Gasteiger partial charge in [-0.25, -0.2) is 4.98 Å². The van der Waals surface area contributed by atoms with Crippen LogP contribution in [0.4, 0.5) is 0 Å². The zero-order valence-electron chi connectivity index (χ0n) is 15.0. The third kappa shape index (κ3) is 3.40. The maximum atomic E-state index is 13.1. The summed E-state index contributed by atoms with van der Waals surface area (Å²) in [6, 6.07) is 12.9. The van der Waals surface area contributed by atoms with Crippen molar-refractivity contribution in [1.29, 1.82) is 0 Å². The predicted molar refractivity (Wildman–Crippen MR) is 98.2 cm³/mol. The van der Waals surface area contributed by atoms with Gasteiger partial charge in [-0.15, -0.1) is 0 Å². The zero-order chi connectivity index (χ0) is 18.6. The Kier molecular flexibility index (Phi) is 4.82. The molecule has 1 aromatic carbocycles. The molecular weight excluding hydrogens is 344 g/mol. The Labute approximate surface area is 157 Å². The summed E-state index contributed by atoms with van der Waals surface area (Å²) >= 11 is 0. The quantitative estimate of drug-likeness (QED) is 0.689. The average Bonchev–Trinajstić information content (AvgIpc) is 3.38. The molecular formula is C20H20N4O3. The number of aromatic nitrogens is 3. The van der Waals surface area contributed by atoms with Gasteiger partial charge >= 0.3 is 0 Å². The van der Waals surface area contributed by atoms with E-state index >= 15 is 0 Å². The van der Waals surface area contributed by atoms with Crippen molar-refractivity contribution in [3.8, 4) is 17.3 Å². The summed E-state index contributed by atoms with van der Waals surface area (Å²) in [6.07, 6.45) is 3.28. The normalized spacial score (nSPS) is 16.5. The third-order valence-electron chi connectivity index (χ3n) is 4.56. The lowest BCUT2D eigenvalue weighted by Crippen LogP contribution is -2.31. The molecule has 7 nitrogen and oxygen atoms in total. The Bertz CT molecular complexity index is 926. The molecule has 1 saturated heterocycles. The number of hydrogen-bond acceptors (Lipinski definition) is 6. The number of rotatable bonds is 5. The van der Waals surface area contributed by atoms with Gasteiger partial charge in [-0.2, -0.15) is 4.98 Å². The number of amides is 1. The summed E-state index contributed by atoms with van der Waals surface area (Å²) in [6.45, 7) is 2.95. The van der Waals surface area contributed by atoms with Gasteiger partial charge in [-0.1, -0.05) is 35.5 Å². The van der Waals surface area contributed by atoms with E-state index in [0.717, 1.165) is 18.4 Å². The van der Waals surface area contributed by atoms with Gasteiger partial charge in [0.15, 0.2) is 0 Å². The number of nitrogens with zero attached hydrogens (tertiary/aromatic N) is 4. The molecule has 7 heteroatoms. The molecule has 0 bridgehead atoms. The van der Waals surface area contributed by atoms with E-state index in [-0.39, 0.29) is 11.9 Å². The standard InChI is InChI=1S/C20H20N4O3/c1-2-26-18-15(10-6-12-21-18)20(25)24-13-7-11-16(24)19-22-17(23-27-19)14-8-4-3-5-9-14/h3-6,8-10,12,16H,2,7,11,13H2,1H3/t16-/m1/s1. The van der Waals surface area contributed by atoms with Gasteiger partial charge in [0, 0.05) is 18.3 Å². The van der Waals surface area contributed by atoms with E-state index in [1.54, 1.807) is 23.2 Å². The Morgan fingerprint density at radius 1 is 1.26 bits per heavy atom. The van der Waals surface area contributed by atoms with Crippen molar-refractivity contribution in [2.45, 2.75) is 25.8 Å². The van der Waals surface area contributed by atoms with Crippen LogP contribution in [0.5, 0.6) is 5.88 Å². The number of hydrogen-bond donors (Lipinski definition) is 0. The number of pyridine rings is 1. The predicted octanol–water partition coefficient (Wildman–Crippen LogP) is 3.51. The van der Waals surface area contributed by atoms with E-state index < -0.39 is 0 Å². The van der Waals surface area contributed by atoms with Crippen molar-refractivity contribution < 1.29 is 14.1 Å². The summed E-state index contributed by atoms with van der Waals surface area (Å²) in [5.74, 6) is 1.21. The lowest BCUT2D eigenvalue weighted by atomic mass is 10.2. The molecule has 0 spiro atoms. The molecule has 1 amide bonds. The molecule has 138 valence electrons. The van der Waals surface area contributed by atoms with E-state index in [4.69, 9.17) is 9.26 Å². The number of likely N-dealkylation sites (tertiary alicyclic amines) is 1. The number of carbonyl (C=O) groups excluding carboxylic acids is 1. The Morgan fingerprint density at radius 3 is 2.93 bits per heavy atom. The van der Waals surface area contributed by atoms with Crippen LogP contribution in [-0.4, -0.2) is 39.1 Å². The summed E-state index contributed by atoms with van der Waals surface area (Å²) in [5.41, 5.74) is 1.34. The molecule has 3 heterocycles. The highest BCUT2D eigenvalue weighted by molar-refractivity contribution is 5.96. The molecule has 0 saturated carbocycles. The van der Waals surface area contributed by atoms with Gasteiger partial charge in [-0.3, -0.25) is 4.79 Å². The topological polar surface area (TPSA) is 81.4 Å². The van der Waals surface area contributed by atoms with Crippen molar-refractivity contribution in [1.82, 2.24) is 20.0 Å². The van der Waals surface area contributed by atoms with Crippen LogP contribution in [0.25, 0.3) is 11.4 Å². The number of ether oxygens (including phenoxy) is 1. The largest absolute Gasteiger partial charge is 0.477 e. The molecule has 4 rings (SSSR count). The first-order valence-electron chi connectivity index (χ1n) is 9.05. The first kappa shape index (κ1) is 17.2. The summed E-state index contributed by atoms with van der Waals surface area (Å²) in [5, 5.41) is 4.08. The van der Waals surface area contributed by atoms with E-state index in [1.165, 1.54) is 0 Å². The summed E-state index contributed by atoms with van der Waals surface area (Å²) < 4.78 is 11.0. The molecule has 0 unspecified atom stereocenters. The van der Waals surface area contributed by atoms with E-state index in [1.807, 2.05) is 37.3 Å². The van der Waals surface area contributed by atoms with Gasteiger partial charge in [0.2, 0.25) is 17.6 Å². The lowest BCUT2D eigenvalue weighted by molar-refractivity contribution is 0.0705. The van der Waals surface area contributed by atoms with E-state index in [0.29, 0.717) is 36.3 Å². The molecule has 1 atom stereocenters. The molecule has 3 aromatic rings. The van der Waals surface area contributed by atoms with Crippen molar-refractivity contribution in [2.24, 2.45) is 0 Å². The van der Waals surface area contributed by atoms with Gasteiger partial charge in [-0.05, 0) is 31.9 Å². The van der Waals surface area contributed by atoms with Crippen LogP contribution in [0.15, 0.2) is 53.2 Å². The van der Waals surface area contributed by atoms with Gasteiger partial charge in [0.1, 0.15) is 11.6 Å². The average molecular weight is 364 g/mol. The van der Waals surface area contributed by atoms with Crippen molar-refractivity contribution in [3.63, 3.8) is 0 Å². The maximum absolute atomic E-state index is 13.1. The third-order valence-corrected chi connectivity index (χ3v) is 4.56. The van der Waals surface area contributed by atoms with Crippen LogP contribution >= 0.6 is 0 Å². The number of benzene rings is 1. The van der Waals surface area contributed by atoms with Crippen LogP contribution in [0, 0.1) is 0 Å². The van der Waals surface area contributed by atoms with E-state index in [9.17, 15) is 4.79 Å². The molecule has 1 aliphatic rings. The fraction of sp³-hybridized carbons (Fsp3) is 0.300. The summed E-state index contributed by atoms with van der Waals surface area (Å²) in [4.78, 5) is 23.6. The maximum Gasteiger partial charge on any atom is 0.260 e. The summed E-state index contributed by atoms with van der Waals surface area (Å²) in [7, 11) is 0. The molecule has 0 aliphatic carbocycles. The minimum absolute atomic E-state index is 0.131. The second kappa shape index (κ2) is 7.57. The smallest absolute Gasteiger partial charge is 0.260 e. The highest BCUT2D eigenvalue weighted by Crippen LogP contribution is 2.34. The molecule has 0 radical (unpaired) electrons. The van der Waals surface area contributed by atoms with Crippen LogP contribution in [0.1, 0.15) is 42.1 Å².